The number of oxime groups is 1. The number of β-lactam (4-membered cyclic amide) rings is 1. The Bertz CT molecular complexity index is 2990. The number of benzene rings is 6. The number of thioether (sulfide) groups is 1. The highest BCUT2D eigenvalue weighted by Crippen LogP contribution is 2.45. The number of nitrogens with zero attached hydrogens (tertiary/aromatic N) is 3. The third-order valence-corrected chi connectivity index (χ3v) is 16.9. The van der Waals surface area contributed by atoms with Gasteiger partial charge >= 0.3 is 11.9 Å². The zero-order valence-electron chi connectivity index (χ0n) is 41.0. The smallest absolute Gasteiger partial charge is 0.354 e. The lowest BCUT2D eigenvalue weighted by Gasteiger charge is -2.53. The van der Waals surface area contributed by atoms with Crippen LogP contribution in [0, 0.1) is 5.41 Å². The van der Waals surface area contributed by atoms with Crippen molar-refractivity contribution in [3.8, 4) is 5.75 Å². The summed E-state index contributed by atoms with van der Waals surface area (Å²) in [4.78, 5) is 70.4. The van der Waals surface area contributed by atoms with Gasteiger partial charge in [-0.2, -0.15) is 0 Å². The number of carbonyl (C=O) groups is 4. The number of nitrogens with one attached hydrogen (secondary N) is 2. The molecule has 1 saturated carbocycles. The van der Waals surface area contributed by atoms with Gasteiger partial charge in [-0.15, -0.1) is 34.7 Å². The van der Waals surface area contributed by atoms with E-state index in [1.165, 1.54) is 23.1 Å². The molecule has 75 heavy (non-hydrogen) atoms. The number of thiazole rings is 1. The van der Waals surface area contributed by atoms with Gasteiger partial charge in [0.05, 0.1) is 7.11 Å². The molecule has 2 aliphatic heterocycles. The van der Waals surface area contributed by atoms with Crippen LogP contribution < -0.4 is 15.4 Å². The number of ether oxygens (including phenoxy) is 3. The van der Waals surface area contributed by atoms with Gasteiger partial charge in [-0.3, -0.25) is 14.4 Å². The number of anilines is 1. The lowest BCUT2D eigenvalue weighted by atomic mass is 9.77. The van der Waals surface area contributed by atoms with E-state index in [1.807, 2.05) is 127 Å². The minimum atomic E-state index is -1.54. The van der Waals surface area contributed by atoms with Gasteiger partial charge in [0.2, 0.25) is 11.5 Å². The lowest BCUT2D eigenvalue weighted by molar-refractivity contribution is -0.176. The first-order valence-electron chi connectivity index (χ1n) is 24.7. The van der Waals surface area contributed by atoms with Gasteiger partial charge in [0.1, 0.15) is 40.4 Å². The molecule has 10 rings (SSSR count). The molecule has 2 N–H and O–H groups in total. The van der Waals surface area contributed by atoms with E-state index in [0.717, 1.165) is 33.4 Å². The minimum absolute atomic E-state index is 0.00949. The van der Waals surface area contributed by atoms with Crippen molar-refractivity contribution >= 4 is 69.3 Å². The van der Waals surface area contributed by atoms with E-state index in [1.54, 1.807) is 29.5 Å². The molecule has 2 amide bonds. The van der Waals surface area contributed by atoms with E-state index in [9.17, 15) is 19.2 Å². The predicted molar refractivity (Wildman–Crippen MR) is 290 cm³/mol. The molecule has 0 bridgehead atoms. The van der Waals surface area contributed by atoms with Crippen molar-refractivity contribution in [2.24, 2.45) is 10.6 Å². The summed E-state index contributed by atoms with van der Waals surface area (Å²) in [7, 11) is 1.58. The quantitative estimate of drug-likeness (QED) is 0.0198. The van der Waals surface area contributed by atoms with Gasteiger partial charge in [-0.1, -0.05) is 169 Å². The predicted octanol–water partition coefficient (Wildman–Crippen LogP) is 10.3. The van der Waals surface area contributed by atoms with Gasteiger partial charge in [-0.05, 0) is 58.4 Å². The molecular weight excluding hydrogens is 1010 g/mol. The number of halogens is 1. The molecule has 7 aromatic rings. The van der Waals surface area contributed by atoms with Crippen molar-refractivity contribution < 1.29 is 38.2 Å². The SMILES string of the molecule is COc1ccc(COC(=O)C2(CCl)CS[C@@H]3C(NC(=O)C(=NOC4(C(=O)OC(c5ccccc5)c5ccccc5)CCCC4)c4csc(NC(c5ccccc5)(c5ccccc5)c5ccccc5)n4)C(=O)N3C2)cc1. The maximum atomic E-state index is 14.9. The molecule has 6 aromatic carbocycles. The summed E-state index contributed by atoms with van der Waals surface area (Å²) in [5.41, 5.74) is 1.42. The molecule has 2 unspecified atom stereocenters. The molecule has 0 radical (unpaired) electrons. The summed E-state index contributed by atoms with van der Waals surface area (Å²) < 4.78 is 17.4. The van der Waals surface area contributed by atoms with Crippen LogP contribution in [0.2, 0.25) is 0 Å². The molecule has 16 heteroatoms. The second kappa shape index (κ2) is 22.6. The largest absolute Gasteiger partial charge is 0.497 e. The first kappa shape index (κ1) is 51.0. The molecule has 1 aliphatic carbocycles. The summed E-state index contributed by atoms with van der Waals surface area (Å²) in [6.45, 7) is 0.0290. The highest BCUT2D eigenvalue weighted by atomic mass is 35.5. The van der Waals surface area contributed by atoms with Crippen molar-refractivity contribution in [3.63, 3.8) is 0 Å². The van der Waals surface area contributed by atoms with Crippen LogP contribution in [0.5, 0.6) is 5.75 Å². The molecule has 3 aliphatic rings. The summed E-state index contributed by atoms with van der Waals surface area (Å²) in [6.07, 6.45) is 1.15. The first-order valence-corrected chi connectivity index (χ1v) is 27.2. The highest BCUT2D eigenvalue weighted by molar-refractivity contribution is 8.00. The Morgan fingerprint density at radius 1 is 0.773 bits per heavy atom. The number of rotatable bonds is 19. The average Bonchev–Trinajstić information content (AvgIpc) is 4.16. The molecule has 382 valence electrons. The second-order valence-corrected chi connectivity index (χ2v) is 21.0. The Kier molecular flexibility index (Phi) is 15.4. The molecule has 3 heterocycles. The number of esters is 2. The number of amides is 2. The number of fused-ring (bicyclic) bond motifs is 1. The Morgan fingerprint density at radius 3 is 1.85 bits per heavy atom. The van der Waals surface area contributed by atoms with Gasteiger partial charge in [0.25, 0.3) is 5.91 Å². The van der Waals surface area contributed by atoms with Crippen LogP contribution in [-0.4, -0.2) is 81.7 Å². The highest BCUT2D eigenvalue weighted by Gasteiger charge is 2.58. The summed E-state index contributed by atoms with van der Waals surface area (Å²) in [5.74, 6) is -1.44. The summed E-state index contributed by atoms with van der Waals surface area (Å²) in [5, 5.41) is 12.9. The van der Waals surface area contributed by atoms with Crippen LogP contribution in [0.3, 0.4) is 0 Å². The van der Waals surface area contributed by atoms with E-state index in [2.05, 4.69) is 52.2 Å². The zero-order chi connectivity index (χ0) is 51.8. The van der Waals surface area contributed by atoms with Crippen molar-refractivity contribution in [1.82, 2.24) is 15.2 Å². The number of aromatic nitrogens is 1. The number of methoxy groups -OCH3 is 1. The van der Waals surface area contributed by atoms with Gasteiger partial charge in [0, 0.05) is 36.4 Å². The van der Waals surface area contributed by atoms with E-state index in [-0.39, 0.29) is 49.0 Å². The standard InChI is InChI=1S/C59H54ClN5O8S2/c1-70-46-31-29-40(30-32-46)35-71-54(68)57(37-60)38-65-52(67)49(53(65)75-39-57)62-51(66)48(64-73-58(33-17-18-34-58)55(69)72-50(41-19-7-2-8-20-41)42-21-9-3-10-22-42)47-36-74-56(61-47)63-59(43-23-11-4-12-24-43,44-25-13-5-14-26-44)45-27-15-6-16-28-45/h2-16,19-32,36,49-50,53H,17-18,33-35,37-39H2,1H3,(H,61,63)(H,62,66)/t49?,53-,57?/m1/s1. The second-order valence-electron chi connectivity index (χ2n) is 18.8. The molecular formula is C59H54ClN5O8S2. The van der Waals surface area contributed by atoms with Gasteiger partial charge < -0.3 is 34.6 Å². The number of hydrogen-bond acceptors (Lipinski definition) is 13. The topological polar surface area (TPSA) is 158 Å². The third kappa shape index (κ3) is 10.5. The van der Waals surface area contributed by atoms with Crippen molar-refractivity contribution in [2.45, 2.75) is 60.9 Å². The fourth-order valence-electron chi connectivity index (χ4n) is 9.92. The molecule has 1 aromatic heterocycles. The van der Waals surface area contributed by atoms with E-state index in [0.29, 0.717) is 23.7 Å². The van der Waals surface area contributed by atoms with Crippen molar-refractivity contribution in [2.75, 3.05) is 30.6 Å². The Labute approximate surface area is 448 Å². The van der Waals surface area contributed by atoms with E-state index in [4.69, 9.17) is 35.6 Å². The van der Waals surface area contributed by atoms with Crippen LogP contribution in [0.25, 0.3) is 0 Å². The van der Waals surface area contributed by atoms with E-state index < -0.39 is 57.8 Å². The van der Waals surface area contributed by atoms with Gasteiger partial charge in [-0.25, -0.2) is 9.78 Å². The number of alkyl halides is 1. The van der Waals surface area contributed by atoms with Crippen LogP contribution >= 0.6 is 34.7 Å². The first-order chi connectivity index (χ1) is 36.6. The molecule has 0 spiro atoms. The maximum Gasteiger partial charge on any atom is 0.354 e. The fourth-order valence-corrected chi connectivity index (χ4v) is 12.6. The van der Waals surface area contributed by atoms with Gasteiger partial charge in [0.15, 0.2) is 16.9 Å². The Hall–Kier alpha value is -7.46. The fraction of sp³-hybridized carbons (Fsp3) is 0.254. The lowest BCUT2D eigenvalue weighted by Crippen LogP contribution is -2.74. The normalized spacial score (nSPS) is 19.1. The minimum Gasteiger partial charge on any atom is -0.497 e. The molecule has 3 fully saturated rings. The maximum absolute atomic E-state index is 14.9. The third-order valence-electron chi connectivity index (χ3n) is 14.1. The summed E-state index contributed by atoms with van der Waals surface area (Å²) >= 11 is 9.12. The van der Waals surface area contributed by atoms with Crippen LogP contribution in [0.4, 0.5) is 5.13 Å². The van der Waals surface area contributed by atoms with Crippen LogP contribution in [0.15, 0.2) is 186 Å². The summed E-state index contributed by atoms with van der Waals surface area (Å²) in [6, 6.07) is 55.3. The average molecular weight is 1060 g/mol. The van der Waals surface area contributed by atoms with Crippen LogP contribution in [-0.2, 0) is 45.6 Å². The zero-order valence-corrected chi connectivity index (χ0v) is 43.4. The molecule has 13 nitrogen and oxygen atoms in total. The van der Waals surface area contributed by atoms with Crippen molar-refractivity contribution in [1.29, 1.82) is 0 Å². The Morgan fingerprint density at radius 2 is 1.32 bits per heavy atom. The Balaban J connectivity index is 0.952. The van der Waals surface area contributed by atoms with Crippen molar-refractivity contribution in [3.05, 3.63) is 220 Å². The van der Waals surface area contributed by atoms with E-state index >= 15 is 0 Å². The number of hydrogen-bond donors (Lipinski definition) is 2. The molecule has 3 atom stereocenters. The monoisotopic (exact) mass is 1060 g/mol. The molecule has 2 saturated heterocycles. The number of carbonyl (C=O) groups excluding carboxylic acids is 4. The van der Waals surface area contributed by atoms with Crippen LogP contribution in [0.1, 0.15) is 70.9 Å².